The fourth-order valence-corrected chi connectivity index (χ4v) is 3.66. The third-order valence-electron chi connectivity index (χ3n) is 5.13. The van der Waals surface area contributed by atoms with E-state index >= 15 is 0 Å². The highest BCUT2D eigenvalue weighted by atomic mass is 35.5. The summed E-state index contributed by atoms with van der Waals surface area (Å²) < 4.78 is 5.43. The van der Waals surface area contributed by atoms with E-state index in [9.17, 15) is 0 Å². The van der Waals surface area contributed by atoms with Gasteiger partial charge in [-0.25, -0.2) is 0 Å². The van der Waals surface area contributed by atoms with Gasteiger partial charge in [0, 0.05) is 49.3 Å². The number of hydrogen-bond acceptors (Lipinski definition) is 3. The van der Waals surface area contributed by atoms with Gasteiger partial charge in [0.1, 0.15) is 5.75 Å². The normalized spacial score (nSPS) is 19.4. The van der Waals surface area contributed by atoms with Crippen LogP contribution >= 0.6 is 24.8 Å². The van der Waals surface area contributed by atoms with Crippen molar-refractivity contribution in [2.45, 2.75) is 25.3 Å². The standard InChI is InChI=1S/C18H25N3O.2ClH/c1-22-14-4-5-17-15(11-14)16(12-20-17)18(10-13-2-3-13)21-8-6-19-7-9-21;;/h4-5,11-13,18-20H,2-3,6-10H2,1H3;2*1H/t18-;;/m0../s1. The summed E-state index contributed by atoms with van der Waals surface area (Å²) in [5.41, 5.74) is 2.66. The van der Waals surface area contributed by atoms with Crippen LogP contribution in [0.1, 0.15) is 30.9 Å². The predicted molar refractivity (Wildman–Crippen MR) is 104 cm³/mol. The first-order chi connectivity index (χ1) is 10.8. The van der Waals surface area contributed by atoms with Gasteiger partial charge in [-0.15, -0.1) is 24.8 Å². The molecular weight excluding hydrogens is 345 g/mol. The maximum absolute atomic E-state index is 5.43. The van der Waals surface area contributed by atoms with Gasteiger partial charge in [0.2, 0.25) is 0 Å². The third-order valence-corrected chi connectivity index (χ3v) is 5.13. The number of benzene rings is 1. The Kier molecular flexibility index (Phi) is 6.81. The molecule has 0 amide bonds. The van der Waals surface area contributed by atoms with Gasteiger partial charge >= 0.3 is 0 Å². The molecule has 2 fully saturated rings. The van der Waals surface area contributed by atoms with E-state index in [1.54, 1.807) is 7.11 Å². The molecule has 4 rings (SSSR count). The van der Waals surface area contributed by atoms with Crippen LogP contribution in [0, 0.1) is 5.92 Å². The van der Waals surface area contributed by atoms with Crippen molar-refractivity contribution >= 4 is 35.7 Å². The van der Waals surface area contributed by atoms with Crippen LogP contribution in [0.4, 0.5) is 0 Å². The van der Waals surface area contributed by atoms with Crippen LogP contribution < -0.4 is 10.1 Å². The number of nitrogens with zero attached hydrogens (tertiary/aromatic N) is 1. The zero-order valence-corrected chi connectivity index (χ0v) is 15.7. The molecule has 1 saturated heterocycles. The summed E-state index contributed by atoms with van der Waals surface area (Å²) in [5.74, 6) is 1.87. The maximum atomic E-state index is 5.43. The van der Waals surface area contributed by atoms with Crippen LogP contribution in [0.3, 0.4) is 0 Å². The summed E-state index contributed by atoms with van der Waals surface area (Å²) in [7, 11) is 1.74. The summed E-state index contributed by atoms with van der Waals surface area (Å²) in [4.78, 5) is 6.12. The monoisotopic (exact) mass is 371 g/mol. The van der Waals surface area contributed by atoms with E-state index in [2.05, 4.69) is 33.5 Å². The summed E-state index contributed by atoms with van der Waals surface area (Å²) in [6, 6.07) is 6.88. The predicted octanol–water partition coefficient (Wildman–Crippen LogP) is 3.77. The van der Waals surface area contributed by atoms with Crippen LogP contribution in [0.2, 0.25) is 0 Å². The van der Waals surface area contributed by atoms with E-state index in [1.807, 2.05) is 6.07 Å². The highest BCUT2D eigenvalue weighted by Crippen LogP contribution is 2.42. The Morgan fingerprint density at radius 3 is 2.62 bits per heavy atom. The lowest BCUT2D eigenvalue weighted by Gasteiger charge is -2.35. The zero-order chi connectivity index (χ0) is 14.9. The van der Waals surface area contributed by atoms with Gasteiger partial charge in [0.15, 0.2) is 0 Å². The smallest absolute Gasteiger partial charge is 0.119 e. The van der Waals surface area contributed by atoms with Crippen LogP contribution in [-0.4, -0.2) is 43.2 Å². The minimum absolute atomic E-state index is 0. The number of rotatable bonds is 5. The third kappa shape index (κ3) is 3.99. The molecule has 2 aliphatic rings. The number of piperazine rings is 1. The van der Waals surface area contributed by atoms with Gasteiger partial charge in [0.05, 0.1) is 7.11 Å². The lowest BCUT2D eigenvalue weighted by Crippen LogP contribution is -2.45. The maximum Gasteiger partial charge on any atom is 0.119 e. The summed E-state index contributed by atoms with van der Waals surface area (Å²) in [6.07, 6.45) is 6.34. The van der Waals surface area contributed by atoms with Crippen molar-refractivity contribution in [2.24, 2.45) is 5.92 Å². The van der Waals surface area contributed by atoms with Crippen LogP contribution in [0.25, 0.3) is 10.9 Å². The fourth-order valence-electron chi connectivity index (χ4n) is 3.66. The Labute approximate surface area is 156 Å². The molecule has 134 valence electrons. The quantitative estimate of drug-likeness (QED) is 0.840. The molecule has 2 heterocycles. The molecule has 0 radical (unpaired) electrons. The largest absolute Gasteiger partial charge is 0.497 e. The molecule has 1 aliphatic carbocycles. The Morgan fingerprint density at radius 2 is 1.96 bits per heavy atom. The first-order valence-electron chi connectivity index (χ1n) is 8.45. The Hall–Kier alpha value is -0.940. The van der Waals surface area contributed by atoms with Crippen molar-refractivity contribution in [1.29, 1.82) is 0 Å². The molecule has 1 aliphatic heterocycles. The van der Waals surface area contributed by atoms with Crippen LogP contribution in [0.5, 0.6) is 5.75 Å². The highest BCUT2D eigenvalue weighted by molar-refractivity contribution is 5.86. The van der Waals surface area contributed by atoms with Crippen molar-refractivity contribution < 1.29 is 4.74 Å². The van der Waals surface area contributed by atoms with Crippen molar-refractivity contribution in [3.8, 4) is 5.75 Å². The number of H-pyrrole nitrogens is 1. The Morgan fingerprint density at radius 1 is 1.21 bits per heavy atom. The van der Waals surface area contributed by atoms with Gasteiger partial charge in [-0.2, -0.15) is 0 Å². The van der Waals surface area contributed by atoms with Gasteiger partial charge < -0.3 is 15.0 Å². The van der Waals surface area contributed by atoms with Gasteiger partial charge in [-0.3, -0.25) is 4.90 Å². The molecule has 2 aromatic rings. The molecular formula is C18H27Cl2N3O. The van der Waals surface area contributed by atoms with E-state index in [0.29, 0.717) is 6.04 Å². The van der Waals surface area contributed by atoms with Crippen LogP contribution in [0.15, 0.2) is 24.4 Å². The fraction of sp³-hybridized carbons (Fsp3) is 0.556. The van der Waals surface area contributed by atoms with Gasteiger partial charge in [0.25, 0.3) is 0 Å². The molecule has 2 N–H and O–H groups in total. The average molecular weight is 372 g/mol. The van der Waals surface area contributed by atoms with E-state index in [-0.39, 0.29) is 24.8 Å². The van der Waals surface area contributed by atoms with Crippen molar-refractivity contribution in [3.05, 3.63) is 30.0 Å². The minimum Gasteiger partial charge on any atom is -0.497 e. The average Bonchev–Trinajstić information content (AvgIpc) is 3.31. The van der Waals surface area contributed by atoms with Gasteiger partial charge in [-0.05, 0) is 36.1 Å². The number of nitrogens with one attached hydrogen (secondary N) is 2. The molecule has 0 spiro atoms. The topological polar surface area (TPSA) is 40.3 Å². The van der Waals surface area contributed by atoms with Crippen molar-refractivity contribution in [1.82, 2.24) is 15.2 Å². The molecule has 0 unspecified atom stereocenters. The number of methoxy groups -OCH3 is 1. The number of halogens is 2. The second-order valence-corrected chi connectivity index (χ2v) is 6.64. The summed E-state index contributed by atoms with van der Waals surface area (Å²) in [6.45, 7) is 4.50. The molecule has 1 atom stereocenters. The second kappa shape index (κ2) is 8.43. The molecule has 1 aromatic heterocycles. The number of aromatic nitrogens is 1. The molecule has 1 aromatic carbocycles. The van der Waals surface area contributed by atoms with E-state index in [4.69, 9.17) is 4.74 Å². The lowest BCUT2D eigenvalue weighted by molar-refractivity contribution is 0.161. The molecule has 6 heteroatoms. The second-order valence-electron chi connectivity index (χ2n) is 6.64. The zero-order valence-electron chi connectivity index (χ0n) is 14.1. The molecule has 4 nitrogen and oxygen atoms in total. The first kappa shape index (κ1) is 19.4. The van der Waals surface area contributed by atoms with Gasteiger partial charge in [-0.1, -0.05) is 12.8 Å². The molecule has 0 bridgehead atoms. The number of ether oxygens (including phenoxy) is 1. The Bertz CT molecular complexity index is 651. The lowest BCUT2D eigenvalue weighted by atomic mass is 9.98. The molecule has 24 heavy (non-hydrogen) atoms. The summed E-state index contributed by atoms with van der Waals surface area (Å²) in [5, 5.41) is 4.79. The summed E-state index contributed by atoms with van der Waals surface area (Å²) >= 11 is 0. The van der Waals surface area contributed by atoms with Crippen molar-refractivity contribution in [3.63, 3.8) is 0 Å². The van der Waals surface area contributed by atoms with Crippen LogP contribution in [-0.2, 0) is 0 Å². The van der Waals surface area contributed by atoms with Crippen molar-refractivity contribution in [2.75, 3.05) is 33.3 Å². The number of aromatic amines is 1. The highest BCUT2D eigenvalue weighted by Gasteiger charge is 2.31. The minimum atomic E-state index is 0. The van der Waals surface area contributed by atoms with E-state index in [0.717, 1.165) is 37.8 Å². The van der Waals surface area contributed by atoms with E-state index in [1.165, 1.54) is 35.7 Å². The Balaban J connectivity index is 0.00000104. The number of fused-ring (bicyclic) bond motifs is 1. The SMILES string of the molecule is COc1ccc2[nH]cc([C@H](CC3CC3)N3CCNCC3)c2c1.Cl.Cl. The van der Waals surface area contributed by atoms with E-state index < -0.39 is 0 Å². The molecule has 1 saturated carbocycles. The first-order valence-corrected chi connectivity index (χ1v) is 8.45. The number of hydrogen-bond donors (Lipinski definition) is 2.